The molecule has 2 N–H and O–H groups in total. The highest BCUT2D eigenvalue weighted by Crippen LogP contribution is 2.49. The summed E-state index contributed by atoms with van der Waals surface area (Å²) in [5.41, 5.74) is 6.15. The molecule has 2 unspecified atom stereocenters. The highest BCUT2D eigenvalue weighted by Gasteiger charge is 2.49. The van der Waals surface area contributed by atoms with Crippen molar-refractivity contribution in [3.63, 3.8) is 0 Å². The summed E-state index contributed by atoms with van der Waals surface area (Å²) in [4.78, 5) is 0. The van der Waals surface area contributed by atoms with E-state index in [1.165, 1.54) is 12.8 Å². The lowest BCUT2D eigenvalue weighted by molar-refractivity contribution is 0.0184. The van der Waals surface area contributed by atoms with E-state index in [-0.39, 0.29) is 5.41 Å². The second-order valence-electron chi connectivity index (χ2n) is 4.69. The Bertz CT molecular complexity index is 194. The van der Waals surface area contributed by atoms with Gasteiger partial charge in [-0.1, -0.05) is 0 Å². The first kappa shape index (κ1) is 10.4. The predicted octanol–water partition coefficient (Wildman–Crippen LogP) is 1.17. The van der Waals surface area contributed by atoms with Crippen molar-refractivity contribution >= 4 is 0 Å². The lowest BCUT2D eigenvalue weighted by Gasteiger charge is -2.32. The van der Waals surface area contributed by atoms with Crippen LogP contribution in [0.3, 0.4) is 0 Å². The summed E-state index contributed by atoms with van der Waals surface area (Å²) >= 11 is 0. The standard InChI is InChI=1S/C11H21NO2/c1-13-6-4-11(8-12)5-7-14-10(11)9-2-3-9/h9-10H,2-8,12H2,1H3. The number of methoxy groups -OCH3 is 1. The molecule has 1 aliphatic heterocycles. The van der Waals surface area contributed by atoms with Crippen LogP contribution in [0.1, 0.15) is 25.7 Å². The van der Waals surface area contributed by atoms with Gasteiger partial charge >= 0.3 is 0 Å². The summed E-state index contributed by atoms with van der Waals surface area (Å²) in [5, 5.41) is 0. The van der Waals surface area contributed by atoms with Gasteiger partial charge in [-0.3, -0.25) is 0 Å². The Morgan fingerprint density at radius 3 is 2.86 bits per heavy atom. The van der Waals surface area contributed by atoms with Crippen LogP contribution in [-0.2, 0) is 9.47 Å². The zero-order chi connectivity index (χ0) is 10.0. The molecule has 0 aromatic rings. The van der Waals surface area contributed by atoms with Crippen molar-refractivity contribution in [1.29, 1.82) is 0 Å². The summed E-state index contributed by atoms with van der Waals surface area (Å²) in [5.74, 6) is 0.790. The fourth-order valence-corrected chi connectivity index (χ4v) is 2.64. The van der Waals surface area contributed by atoms with Crippen LogP contribution in [0.5, 0.6) is 0 Å². The van der Waals surface area contributed by atoms with E-state index in [9.17, 15) is 0 Å². The molecular formula is C11H21NO2. The molecule has 1 heterocycles. The summed E-state index contributed by atoms with van der Waals surface area (Å²) < 4.78 is 11.0. The smallest absolute Gasteiger partial charge is 0.0673 e. The fourth-order valence-electron chi connectivity index (χ4n) is 2.64. The Hall–Kier alpha value is -0.120. The summed E-state index contributed by atoms with van der Waals surface area (Å²) in [6.45, 7) is 2.45. The number of nitrogens with two attached hydrogens (primary N) is 1. The molecule has 0 bridgehead atoms. The van der Waals surface area contributed by atoms with Crippen molar-refractivity contribution < 1.29 is 9.47 Å². The minimum atomic E-state index is 0.219. The first-order valence-corrected chi connectivity index (χ1v) is 5.63. The van der Waals surface area contributed by atoms with E-state index in [4.69, 9.17) is 15.2 Å². The molecule has 1 saturated heterocycles. The normalized spacial score (nSPS) is 37.7. The average Bonchev–Trinajstić information content (AvgIpc) is 2.97. The molecule has 0 radical (unpaired) electrons. The van der Waals surface area contributed by atoms with E-state index in [1.807, 2.05) is 0 Å². The Balaban J connectivity index is 1.99. The molecule has 1 saturated carbocycles. The largest absolute Gasteiger partial charge is 0.385 e. The van der Waals surface area contributed by atoms with Gasteiger partial charge in [-0.05, 0) is 31.6 Å². The predicted molar refractivity (Wildman–Crippen MR) is 55.1 cm³/mol. The molecule has 82 valence electrons. The number of hydrogen-bond acceptors (Lipinski definition) is 3. The molecule has 3 nitrogen and oxygen atoms in total. The zero-order valence-corrected chi connectivity index (χ0v) is 9.00. The van der Waals surface area contributed by atoms with Gasteiger partial charge in [-0.2, -0.15) is 0 Å². The number of hydrogen-bond donors (Lipinski definition) is 1. The molecule has 2 fully saturated rings. The molecule has 2 rings (SSSR count). The summed E-state index contributed by atoms with van der Waals surface area (Å²) in [7, 11) is 1.76. The van der Waals surface area contributed by atoms with Gasteiger partial charge in [-0.25, -0.2) is 0 Å². The van der Waals surface area contributed by atoms with Gasteiger partial charge in [0, 0.05) is 32.3 Å². The van der Waals surface area contributed by atoms with Gasteiger partial charge in [0.1, 0.15) is 0 Å². The second-order valence-corrected chi connectivity index (χ2v) is 4.69. The maximum atomic E-state index is 5.93. The monoisotopic (exact) mass is 199 g/mol. The van der Waals surface area contributed by atoms with Gasteiger partial charge in [0.05, 0.1) is 6.10 Å². The summed E-state index contributed by atoms with van der Waals surface area (Å²) in [6, 6.07) is 0. The van der Waals surface area contributed by atoms with Crippen LogP contribution < -0.4 is 5.73 Å². The quantitative estimate of drug-likeness (QED) is 0.723. The lowest BCUT2D eigenvalue weighted by Crippen LogP contribution is -2.40. The van der Waals surface area contributed by atoms with Crippen LogP contribution in [-0.4, -0.2) is 33.0 Å². The van der Waals surface area contributed by atoms with Crippen LogP contribution >= 0.6 is 0 Å². The molecular weight excluding hydrogens is 178 g/mol. The highest BCUT2D eigenvalue weighted by atomic mass is 16.5. The second kappa shape index (κ2) is 4.17. The average molecular weight is 199 g/mol. The van der Waals surface area contributed by atoms with Gasteiger partial charge in [0.2, 0.25) is 0 Å². The van der Waals surface area contributed by atoms with Crippen molar-refractivity contribution in [1.82, 2.24) is 0 Å². The molecule has 2 aliphatic rings. The first-order valence-electron chi connectivity index (χ1n) is 5.63. The molecule has 0 aromatic carbocycles. The van der Waals surface area contributed by atoms with Crippen LogP contribution in [0.25, 0.3) is 0 Å². The third-order valence-corrected chi connectivity index (χ3v) is 3.76. The van der Waals surface area contributed by atoms with Crippen molar-refractivity contribution in [2.24, 2.45) is 17.1 Å². The molecule has 14 heavy (non-hydrogen) atoms. The number of ether oxygens (including phenoxy) is 2. The molecule has 3 heteroatoms. The fraction of sp³-hybridized carbons (Fsp3) is 1.00. The Morgan fingerprint density at radius 1 is 1.50 bits per heavy atom. The Kier molecular flexibility index (Phi) is 3.10. The van der Waals surface area contributed by atoms with Gasteiger partial charge < -0.3 is 15.2 Å². The molecule has 0 amide bonds. The van der Waals surface area contributed by atoms with Crippen LogP contribution in [0.2, 0.25) is 0 Å². The van der Waals surface area contributed by atoms with E-state index in [0.717, 1.165) is 38.5 Å². The molecule has 1 aliphatic carbocycles. The zero-order valence-electron chi connectivity index (χ0n) is 9.00. The highest BCUT2D eigenvalue weighted by molar-refractivity contribution is 4.99. The van der Waals surface area contributed by atoms with Gasteiger partial charge in [-0.15, -0.1) is 0 Å². The minimum Gasteiger partial charge on any atom is -0.385 e. The minimum absolute atomic E-state index is 0.219. The number of rotatable bonds is 5. The van der Waals surface area contributed by atoms with E-state index in [0.29, 0.717) is 6.10 Å². The van der Waals surface area contributed by atoms with Gasteiger partial charge in [0.25, 0.3) is 0 Å². The SMILES string of the molecule is COCCC1(CN)CCOC1C1CC1. The van der Waals surface area contributed by atoms with Crippen molar-refractivity contribution in [3.05, 3.63) is 0 Å². The van der Waals surface area contributed by atoms with E-state index < -0.39 is 0 Å². The van der Waals surface area contributed by atoms with Crippen molar-refractivity contribution in [2.45, 2.75) is 31.8 Å². The maximum Gasteiger partial charge on any atom is 0.0673 e. The van der Waals surface area contributed by atoms with Crippen molar-refractivity contribution in [3.8, 4) is 0 Å². The molecule has 0 spiro atoms. The van der Waals surface area contributed by atoms with Crippen molar-refractivity contribution in [2.75, 3.05) is 26.9 Å². The molecule has 0 aromatic heterocycles. The van der Waals surface area contributed by atoms with Crippen LogP contribution in [0.4, 0.5) is 0 Å². The Morgan fingerprint density at radius 2 is 2.29 bits per heavy atom. The van der Waals surface area contributed by atoms with E-state index >= 15 is 0 Å². The topological polar surface area (TPSA) is 44.5 Å². The first-order chi connectivity index (χ1) is 6.82. The third-order valence-electron chi connectivity index (χ3n) is 3.76. The van der Waals surface area contributed by atoms with E-state index in [1.54, 1.807) is 7.11 Å². The van der Waals surface area contributed by atoms with Crippen LogP contribution in [0, 0.1) is 11.3 Å². The van der Waals surface area contributed by atoms with Crippen LogP contribution in [0.15, 0.2) is 0 Å². The summed E-state index contributed by atoms with van der Waals surface area (Å²) in [6.07, 6.45) is 5.26. The Labute approximate surface area is 85.9 Å². The third kappa shape index (κ3) is 1.81. The van der Waals surface area contributed by atoms with E-state index in [2.05, 4.69) is 0 Å². The maximum absolute atomic E-state index is 5.93. The molecule has 2 atom stereocenters. The lowest BCUT2D eigenvalue weighted by atomic mass is 9.76. The van der Waals surface area contributed by atoms with Gasteiger partial charge in [0.15, 0.2) is 0 Å².